The van der Waals surface area contributed by atoms with E-state index in [2.05, 4.69) is 5.09 Å². The van der Waals surface area contributed by atoms with Crippen molar-refractivity contribution in [3.05, 3.63) is 121 Å². The number of hydrogen-bond acceptors (Lipinski definition) is 4. The molecule has 4 aromatic rings. The van der Waals surface area contributed by atoms with Gasteiger partial charge in [-0.25, -0.2) is 5.09 Å². The summed E-state index contributed by atoms with van der Waals surface area (Å²) in [7, 11) is -3.43. The van der Waals surface area contributed by atoms with Crippen LogP contribution in [0.5, 0.6) is 0 Å². The van der Waals surface area contributed by atoms with E-state index in [-0.39, 0.29) is 0 Å². The highest BCUT2D eigenvalue weighted by Gasteiger charge is 2.37. The Morgan fingerprint density at radius 1 is 0.774 bits per heavy atom. The second kappa shape index (κ2) is 9.27. The standard InChI is InChI=1S/C25H22NO4P/c27-24(19-11-4-1-5-12-19)25(28)23(22-17-10-18-30-22)26-31(29,20-13-6-2-7-14-20)21-15-8-3-9-16-21/h1-18,23,25,28H,(H,26,29)/t23-,25-/m1/s1. The lowest BCUT2D eigenvalue weighted by Crippen LogP contribution is -2.39. The van der Waals surface area contributed by atoms with Gasteiger partial charge in [-0.3, -0.25) is 9.36 Å². The quantitative estimate of drug-likeness (QED) is 0.325. The molecule has 0 aliphatic carbocycles. The summed E-state index contributed by atoms with van der Waals surface area (Å²) >= 11 is 0. The first kappa shape index (κ1) is 21.0. The number of Topliss-reactive ketones (excluding diaryl/α,β-unsaturated/α-hetero) is 1. The van der Waals surface area contributed by atoms with Crippen molar-refractivity contribution < 1.29 is 18.9 Å². The van der Waals surface area contributed by atoms with Gasteiger partial charge in [0.2, 0.25) is 7.29 Å². The molecule has 0 aliphatic rings. The fraction of sp³-hybridized carbons (Fsp3) is 0.0800. The third-order valence-electron chi connectivity index (χ3n) is 5.05. The Balaban J connectivity index is 1.78. The van der Waals surface area contributed by atoms with Crippen LogP contribution in [0.2, 0.25) is 0 Å². The average Bonchev–Trinajstić information content (AvgIpc) is 3.38. The number of furan rings is 1. The van der Waals surface area contributed by atoms with Crippen LogP contribution in [0.4, 0.5) is 0 Å². The zero-order valence-electron chi connectivity index (χ0n) is 16.7. The van der Waals surface area contributed by atoms with Crippen molar-refractivity contribution in [2.75, 3.05) is 0 Å². The maximum Gasteiger partial charge on any atom is 0.205 e. The maximum atomic E-state index is 14.4. The molecule has 0 saturated carbocycles. The molecule has 4 rings (SSSR count). The average molecular weight is 431 g/mol. The topological polar surface area (TPSA) is 79.5 Å². The molecule has 5 nitrogen and oxygen atoms in total. The Kier molecular flexibility index (Phi) is 6.28. The first-order valence-electron chi connectivity index (χ1n) is 9.89. The highest BCUT2D eigenvalue weighted by atomic mass is 31.2. The van der Waals surface area contributed by atoms with Crippen LogP contribution < -0.4 is 15.7 Å². The van der Waals surface area contributed by atoms with Crippen molar-refractivity contribution in [1.29, 1.82) is 0 Å². The number of hydrogen-bond donors (Lipinski definition) is 2. The smallest absolute Gasteiger partial charge is 0.205 e. The van der Waals surface area contributed by atoms with Gasteiger partial charge in [0.15, 0.2) is 5.78 Å². The number of ketones is 1. The molecule has 1 heterocycles. The highest BCUT2D eigenvalue weighted by molar-refractivity contribution is 7.76. The molecule has 0 saturated heterocycles. The summed E-state index contributed by atoms with van der Waals surface area (Å²) in [6.45, 7) is 0. The lowest BCUT2D eigenvalue weighted by Gasteiger charge is -2.28. The minimum Gasteiger partial charge on any atom is -0.468 e. The lowest BCUT2D eigenvalue weighted by atomic mass is 9.99. The highest BCUT2D eigenvalue weighted by Crippen LogP contribution is 2.42. The maximum absolute atomic E-state index is 14.4. The minimum atomic E-state index is -3.43. The largest absolute Gasteiger partial charge is 0.468 e. The molecule has 156 valence electrons. The van der Waals surface area contributed by atoms with Crippen molar-refractivity contribution >= 4 is 23.7 Å². The van der Waals surface area contributed by atoms with Gasteiger partial charge < -0.3 is 9.52 Å². The van der Waals surface area contributed by atoms with Gasteiger partial charge in [-0.15, -0.1) is 0 Å². The second-order valence-corrected chi connectivity index (χ2v) is 9.59. The molecule has 2 atom stereocenters. The fourth-order valence-electron chi connectivity index (χ4n) is 3.45. The van der Waals surface area contributed by atoms with E-state index >= 15 is 0 Å². The summed E-state index contributed by atoms with van der Waals surface area (Å²) in [4.78, 5) is 13.0. The molecule has 0 radical (unpaired) electrons. The third-order valence-corrected chi connectivity index (χ3v) is 7.75. The second-order valence-electron chi connectivity index (χ2n) is 7.08. The number of nitrogens with one attached hydrogen (secondary N) is 1. The number of carbonyl (C=O) groups excluding carboxylic acids is 1. The van der Waals surface area contributed by atoms with Crippen LogP contribution >= 0.6 is 7.29 Å². The minimum absolute atomic E-state index is 0.323. The number of benzene rings is 3. The van der Waals surface area contributed by atoms with Crippen LogP contribution in [0.25, 0.3) is 0 Å². The molecular weight excluding hydrogens is 409 g/mol. The van der Waals surface area contributed by atoms with Gasteiger partial charge in [-0.1, -0.05) is 66.7 Å². The van der Waals surface area contributed by atoms with E-state index in [1.165, 1.54) is 6.26 Å². The summed E-state index contributed by atoms with van der Waals surface area (Å²) in [5.74, 6) is -0.161. The SMILES string of the molecule is O=C(c1ccccc1)[C@H](O)[C@H](NP(=O)(c1ccccc1)c1ccccc1)c1ccco1. The normalized spacial score (nSPS) is 13.5. The summed E-state index contributed by atoms with van der Waals surface area (Å²) in [6, 6.07) is 28.8. The van der Waals surface area contributed by atoms with Crippen LogP contribution in [0.3, 0.4) is 0 Å². The lowest BCUT2D eigenvalue weighted by molar-refractivity contribution is 0.0658. The Bertz CT molecular complexity index is 1120. The van der Waals surface area contributed by atoms with Gasteiger partial charge >= 0.3 is 0 Å². The Hall–Kier alpha value is -3.24. The summed E-state index contributed by atoms with van der Waals surface area (Å²) in [6.07, 6.45) is -0.0473. The molecule has 6 heteroatoms. The zero-order chi connectivity index (χ0) is 21.7. The van der Waals surface area contributed by atoms with Crippen LogP contribution in [-0.2, 0) is 4.57 Å². The van der Waals surface area contributed by atoms with Gasteiger partial charge in [0.05, 0.1) is 6.26 Å². The van der Waals surface area contributed by atoms with Crippen molar-refractivity contribution in [3.63, 3.8) is 0 Å². The van der Waals surface area contributed by atoms with E-state index in [0.717, 1.165) is 0 Å². The van der Waals surface area contributed by atoms with E-state index in [4.69, 9.17) is 4.42 Å². The van der Waals surface area contributed by atoms with E-state index in [1.807, 2.05) is 12.1 Å². The molecule has 0 fully saturated rings. The number of rotatable bonds is 8. The predicted octanol–water partition coefficient (Wildman–Crippen LogP) is 4.08. The Morgan fingerprint density at radius 3 is 1.77 bits per heavy atom. The molecule has 0 spiro atoms. The van der Waals surface area contributed by atoms with Crippen LogP contribution in [0.1, 0.15) is 22.2 Å². The molecule has 0 aliphatic heterocycles. The van der Waals surface area contributed by atoms with Gasteiger partial charge in [-0.05, 0) is 36.4 Å². The van der Waals surface area contributed by atoms with Crippen LogP contribution in [0.15, 0.2) is 114 Å². The molecule has 0 unspecified atom stereocenters. The number of aliphatic hydroxyl groups excluding tert-OH is 1. The van der Waals surface area contributed by atoms with E-state index in [0.29, 0.717) is 21.9 Å². The van der Waals surface area contributed by atoms with Crippen molar-refractivity contribution in [3.8, 4) is 0 Å². The van der Waals surface area contributed by atoms with Gasteiger partial charge in [-0.2, -0.15) is 0 Å². The zero-order valence-corrected chi connectivity index (χ0v) is 17.6. The van der Waals surface area contributed by atoms with Crippen LogP contribution in [-0.4, -0.2) is 17.0 Å². The number of aliphatic hydroxyl groups is 1. The van der Waals surface area contributed by atoms with Crippen LogP contribution in [0, 0.1) is 0 Å². The van der Waals surface area contributed by atoms with Crippen molar-refractivity contribution in [2.24, 2.45) is 0 Å². The first-order valence-corrected chi connectivity index (χ1v) is 11.6. The third kappa shape index (κ3) is 4.44. The Labute approximate surface area is 180 Å². The summed E-state index contributed by atoms with van der Waals surface area (Å²) in [5.41, 5.74) is 0.364. The predicted molar refractivity (Wildman–Crippen MR) is 121 cm³/mol. The van der Waals surface area contributed by atoms with Gasteiger partial charge in [0.25, 0.3) is 0 Å². The monoisotopic (exact) mass is 431 g/mol. The van der Waals surface area contributed by atoms with E-state index in [9.17, 15) is 14.5 Å². The molecule has 31 heavy (non-hydrogen) atoms. The van der Waals surface area contributed by atoms with Crippen molar-refractivity contribution in [2.45, 2.75) is 12.1 Å². The van der Waals surface area contributed by atoms with Crippen molar-refractivity contribution in [1.82, 2.24) is 5.09 Å². The van der Waals surface area contributed by atoms with E-state index < -0.39 is 25.2 Å². The van der Waals surface area contributed by atoms with Gasteiger partial charge in [0, 0.05) is 16.2 Å². The van der Waals surface area contributed by atoms with Gasteiger partial charge in [0.1, 0.15) is 17.9 Å². The Morgan fingerprint density at radius 2 is 1.29 bits per heavy atom. The fourth-order valence-corrected chi connectivity index (χ4v) is 5.89. The summed E-state index contributed by atoms with van der Waals surface area (Å²) < 4.78 is 19.9. The molecule has 3 aromatic carbocycles. The molecule has 1 aromatic heterocycles. The molecular formula is C25H22NO4P. The summed E-state index contributed by atoms with van der Waals surface area (Å²) in [5, 5.41) is 15.3. The van der Waals surface area contributed by atoms with E-state index in [1.54, 1.807) is 91.0 Å². The molecule has 0 bridgehead atoms. The molecule has 0 amide bonds. The molecule has 2 N–H and O–H groups in total. The first-order chi connectivity index (χ1) is 15.1. The number of carbonyl (C=O) groups is 1.